The van der Waals surface area contributed by atoms with E-state index in [1.165, 1.54) is 17.5 Å². The fourth-order valence-corrected chi connectivity index (χ4v) is 3.24. The van der Waals surface area contributed by atoms with Crippen LogP contribution in [0.15, 0.2) is 24.3 Å². The molecule has 0 aliphatic carbocycles. The van der Waals surface area contributed by atoms with E-state index in [1.54, 1.807) is 0 Å². The molecule has 18 heavy (non-hydrogen) atoms. The minimum Gasteiger partial charge on any atom is -0.378 e. The minimum atomic E-state index is 0.412. The standard InChI is InChI=1S/C16H23BrO/c1-4-11(2)13-5-7-14(8-6-13)16(17)15-9-12(3)18-10-15/h5-8,11-12,15-16H,4,9-10H2,1-3H3. The largest absolute Gasteiger partial charge is 0.378 e. The topological polar surface area (TPSA) is 9.23 Å². The molecule has 0 amide bonds. The summed E-state index contributed by atoms with van der Waals surface area (Å²) >= 11 is 3.84. The van der Waals surface area contributed by atoms with Gasteiger partial charge in [-0.05, 0) is 36.8 Å². The van der Waals surface area contributed by atoms with Gasteiger partial charge in [-0.2, -0.15) is 0 Å². The van der Waals surface area contributed by atoms with Crippen molar-refractivity contribution in [2.24, 2.45) is 5.92 Å². The smallest absolute Gasteiger partial charge is 0.0551 e. The minimum absolute atomic E-state index is 0.412. The molecule has 0 bridgehead atoms. The molecule has 4 unspecified atom stereocenters. The second-order valence-electron chi connectivity index (χ2n) is 5.52. The van der Waals surface area contributed by atoms with Crippen LogP contribution in [0.1, 0.15) is 55.5 Å². The Morgan fingerprint density at radius 1 is 1.28 bits per heavy atom. The predicted molar refractivity (Wildman–Crippen MR) is 80.3 cm³/mol. The van der Waals surface area contributed by atoms with Gasteiger partial charge < -0.3 is 4.74 Å². The SMILES string of the molecule is CCC(C)c1ccc(C(Br)C2COC(C)C2)cc1. The lowest BCUT2D eigenvalue weighted by molar-refractivity contribution is 0.120. The van der Waals surface area contributed by atoms with E-state index in [0.29, 0.717) is 22.8 Å². The molecule has 1 aliphatic heterocycles. The molecule has 0 radical (unpaired) electrons. The van der Waals surface area contributed by atoms with Crippen LogP contribution in [0, 0.1) is 5.92 Å². The Labute approximate surface area is 119 Å². The van der Waals surface area contributed by atoms with Crippen LogP contribution < -0.4 is 0 Å². The lowest BCUT2D eigenvalue weighted by Gasteiger charge is -2.17. The maximum atomic E-state index is 5.66. The van der Waals surface area contributed by atoms with Crippen molar-refractivity contribution in [1.82, 2.24) is 0 Å². The summed E-state index contributed by atoms with van der Waals surface area (Å²) in [6.07, 6.45) is 2.77. The van der Waals surface area contributed by atoms with Gasteiger partial charge in [0.05, 0.1) is 12.7 Å². The van der Waals surface area contributed by atoms with Crippen molar-refractivity contribution < 1.29 is 4.74 Å². The molecule has 100 valence electrons. The maximum Gasteiger partial charge on any atom is 0.0551 e. The van der Waals surface area contributed by atoms with E-state index < -0.39 is 0 Å². The zero-order valence-corrected chi connectivity index (χ0v) is 13.1. The molecule has 1 aromatic carbocycles. The van der Waals surface area contributed by atoms with E-state index in [-0.39, 0.29) is 0 Å². The quantitative estimate of drug-likeness (QED) is 0.706. The molecule has 2 rings (SSSR count). The molecule has 1 aliphatic rings. The van der Waals surface area contributed by atoms with Crippen molar-refractivity contribution in [2.45, 2.75) is 50.5 Å². The van der Waals surface area contributed by atoms with Crippen molar-refractivity contribution >= 4 is 15.9 Å². The van der Waals surface area contributed by atoms with E-state index in [2.05, 4.69) is 61.0 Å². The van der Waals surface area contributed by atoms with Crippen LogP contribution in [-0.4, -0.2) is 12.7 Å². The number of ether oxygens (including phenoxy) is 1. The summed E-state index contributed by atoms with van der Waals surface area (Å²) in [5, 5.41) is 0. The Kier molecular flexibility index (Phi) is 4.85. The Bertz CT molecular complexity index is 373. The van der Waals surface area contributed by atoms with Gasteiger partial charge in [-0.3, -0.25) is 0 Å². The third-order valence-corrected chi connectivity index (χ3v) is 5.36. The number of alkyl halides is 1. The summed E-state index contributed by atoms with van der Waals surface area (Å²) in [5.74, 6) is 1.26. The van der Waals surface area contributed by atoms with Crippen LogP contribution in [0.4, 0.5) is 0 Å². The Hall–Kier alpha value is -0.340. The highest BCUT2D eigenvalue weighted by molar-refractivity contribution is 9.09. The molecular weight excluding hydrogens is 288 g/mol. The molecule has 1 saturated heterocycles. The summed E-state index contributed by atoms with van der Waals surface area (Å²) in [6.45, 7) is 7.56. The molecule has 0 N–H and O–H groups in total. The highest BCUT2D eigenvalue weighted by atomic mass is 79.9. The second-order valence-corrected chi connectivity index (χ2v) is 6.50. The van der Waals surface area contributed by atoms with Gasteiger partial charge in [-0.25, -0.2) is 0 Å². The second kappa shape index (κ2) is 6.21. The van der Waals surface area contributed by atoms with Crippen LogP contribution in [0.25, 0.3) is 0 Å². The van der Waals surface area contributed by atoms with E-state index in [1.807, 2.05) is 0 Å². The van der Waals surface area contributed by atoms with Crippen molar-refractivity contribution in [3.63, 3.8) is 0 Å². The van der Waals surface area contributed by atoms with Crippen LogP contribution in [-0.2, 0) is 4.74 Å². The third kappa shape index (κ3) is 3.16. The predicted octanol–water partition coefficient (Wildman–Crippen LogP) is 5.06. The first-order chi connectivity index (χ1) is 8.61. The molecule has 0 aromatic heterocycles. The van der Waals surface area contributed by atoms with E-state index in [0.717, 1.165) is 13.0 Å². The summed E-state index contributed by atoms with van der Waals surface area (Å²) in [4.78, 5) is 0.424. The van der Waals surface area contributed by atoms with Gasteiger partial charge in [-0.1, -0.05) is 54.0 Å². The summed E-state index contributed by atoms with van der Waals surface area (Å²) < 4.78 is 5.66. The number of hydrogen-bond acceptors (Lipinski definition) is 1. The van der Waals surface area contributed by atoms with Crippen molar-refractivity contribution in [2.75, 3.05) is 6.61 Å². The molecule has 0 saturated carbocycles. The molecule has 1 nitrogen and oxygen atoms in total. The van der Waals surface area contributed by atoms with Crippen molar-refractivity contribution in [3.8, 4) is 0 Å². The van der Waals surface area contributed by atoms with Crippen molar-refractivity contribution in [3.05, 3.63) is 35.4 Å². The maximum absolute atomic E-state index is 5.66. The first-order valence-corrected chi connectivity index (χ1v) is 7.89. The fourth-order valence-electron chi connectivity index (χ4n) is 2.57. The summed E-state index contributed by atoms with van der Waals surface area (Å²) in [5.41, 5.74) is 2.82. The van der Waals surface area contributed by atoms with Crippen LogP contribution >= 0.6 is 15.9 Å². The average molecular weight is 311 g/mol. The highest BCUT2D eigenvalue weighted by Crippen LogP contribution is 2.38. The summed E-state index contributed by atoms with van der Waals surface area (Å²) in [6, 6.07) is 9.09. The van der Waals surface area contributed by atoms with Gasteiger partial charge in [0, 0.05) is 10.7 Å². The van der Waals surface area contributed by atoms with Gasteiger partial charge in [0.2, 0.25) is 0 Å². The molecule has 4 atom stereocenters. The zero-order chi connectivity index (χ0) is 13.1. The zero-order valence-electron chi connectivity index (χ0n) is 11.5. The molecule has 1 heterocycles. The van der Waals surface area contributed by atoms with Gasteiger partial charge in [0.15, 0.2) is 0 Å². The fraction of sp³-hybridized carbons (Fsp3) is 0.625. The van der Waals surface area contributed by atoms with E-state index in [4.69, 9.17) is 4.74 Å². The average Bonchev–Trinajstić information content (AvgIpc) is 2.84. The highest BCUT2D eigenvalue weighted by Gasteiger charge is 2.28. The van der Waals surface area contributed by atoms with Gasteiger partial charge in [-0.15, -0.1) is 0 Å². The van der Waals surface area contributed by atoms with Crippen molar-refractivity contribution in [1.29, 1.82) is 0 Å². The lowest BCUT2D eigenvalue weighted by Crippen LogP contribution is -2.07. The van der Waals surface area contributed by atoms with Gasteiger partial charge in [0.25, 0.3) is 0 Å². The number of benzene rings is 1. The lowest BCUT2D eigenvalue weighted by atomic mass is 9.93. The van der Waals surface area contributed by atoms with Crippen LogP contribution in [0.2, 0.25) is 0 Å². The normalized spacial score (nSPS) is 27.1. The number of hydrogen-bond donors (Lipinski definition) is 0. The van der Waals surface area contributed by atoms with Crippen LogP contribution in [0.3, 0.4) is 0 Å². The van der Waals surface area contributed by atoms with Gasteiger partial charge in [0.1, 0.15) is 0 Å². The first kappa shape index (κ1) is 14.1. The van der Waals surface area contributed by atoms with E-state index >= 15 is 0 Å². The summed E-state index contributed by atoms with van der Waals surface area (Å²) in [7, 11) is 0. The molecule has 1 aromatic rings. The third-order valence-electron chi connectivity index (χ3n) is 4.08. The molecule has 0 spiro atoms. The number of rotatable bonds is 4. The Balaban J connectivity index is 2.05. The van der Waals surface area contributed by atoms with E-state index in [9.17, 15) is 0 Å². The molecule has 1 fully saturated rings. The first-order valence-electron chi connectivity index (χ1n) is 6.97. The monoisotopic (exact) mass is 310 g/mol. The number of halogens is 1. The Morgan fingerprint density at radius 2 is 1.89 bits per heavy atom. The molecular formula is C16H23BrO. The molecule has 2 heteroatoms. The Morgan fingerprint density at radius 3 is 2.39 bits per heavy atom. The van der Waals surface area contributed by atoms with Crippen LogP contribution in [0.5, 0.6) is 0 Å². The van der Waals surface area contributed by atoms with Gasteiger partial charge >= 0.3 is 0 Å².